The molecule has 8 nitrogen and oxygen atoms in total. The van der Waals surface area contributed by atoms with E-state index in [9.17, 15) is 4.79 Å². The summed E-state index contributed by atoms with van der Waals surface area (Å²) in [6.45, 7) is 1.62. The van der Waals surface area contributed by atoms with Crippen LogP contribution in [0.1, 0.15) is 23.2 Å². The van der Waals surface area contributed by atoms with Crippen LogP contribution in [0.4, 0.5) is 0 Å². The molecule has 0 bridgehead atoms. The van der Waals surface area contributed by atoms with Crippen molar-refractivity contribution in [3.63, 3.8) is 0 Å². The lowest BCUT2D eigenvalue weighted by molar-refractivity contribution is -0.0683. The van der Waals surface area contributed by atoms with Crippen LogP contribution in [0.25, 0.3) is 0 Å². The molecule has 25 heavy (non-hydrogen) atoms. The van der Waals surface area contributed by atoms with E-state index in [1.807, 2.05) is 4.90 Å². The van der Waals surface area contributed by atoms with Crippen molar-refractivity contribution in [1.29, 1.82) is 0 Å². The quantitative estimate of drug-likeness (QED) is 0.818. The Hall–Kier alpha value is -2.61. The zero-order chi connectivity index (χ0) is 17.1. The van der Waals surface area contributed by atoms with Gasteiger partial charge in [-0.1, -0.05) is 0 Å². The van der Waals surface area contributed by atoms with Crippen molar-refractivity contribution in [3.05, 3.63) is 42.5 Å². The van der Waals surface area contributed by atoms with Crippen molar-refractivity contribution in [2.45, 2.75) is 25.0 Å². The number of hydrogen-bond acceptors (Lipinski definition) is 7. The van der Waals surface area contributed by atoms with Gasteiger partial charge in [0.1, 0.15) is 0 Å². The van der Waals surface area contributed by atoms with Crippen LogP contribution in [0.3, 0.4) is 0 Å². The Morgan fingerprint density at radius 1 is 1.24 bits per heavy atom. The standard InChI is InChI=1S/C17H19N5O3/c23-16(12-4-7-20-21-10-12)22-8-9-24-15-13(2-3-14(15)22)11-25-17-18-5-1-6-19-17/h1,4-7,10,13-15H,2-3,8-9,11H2/t13-,14-,15-/m1/s1. The summed E-state index contributed by atoms with van der Waals surface area (Å²) in [5, 5.41) is 7.53. The van der Waals surface area contributed by atoms with E-state index < -0.39 is 0 Å². The van der Waals surface area contributed by atoms with E-state index in [1.54, 1.807) is 24.5 Å². The molecule has 2 aromatic rings. The molecular weight excluding hydrogens is 322 g/mol. The predicted molar refractivity (Wildman–Crippen MR) is 86.8 cm³/mol. The van der Waals surface area contributed by atoms with Gasteiger partial charge in [-0.05, 0) is 25.0 Å². The first-order chi connectivity index (χ1) is 12.3. The third kappa shape index (κ3) is 3.30. The van der Waals surface area contributed by atoms with Crippen molar-refractivity contribution in [2.75, 3.05) is 19.8 Å². The Bertz CT molecular complexity index is 715. The highest BCUT2D eigenvalue weighted by atomic mass is 16.5. The normalized spacial score (nSPS) is 25.4. The first kappa shape index (κ1) is 15.9. The van der Waals surface area contributed by atoms with Gasteiger partial charge in [-0.25, -0.2) is 9.97 Å². The lowest BCUT2D eigenvalue weighted by Crippen LogP contribution is -2.53. The molecule has 2 fully saturated rings. The number of fused-ring (bicyclic) bond motifs is 1. The van der Waals surface area contributed by atoms with Gasteiger partial charge < -0.3 is 14.4 Å². The van der Waals surface area contributed by atoms with E-state index in [4.69, 9.17) is 9.47 Å². The van der Waals surface area contributed by atoms with Gasteiger partial charge in [0.2, 0.25) is 0 Å². The molecule has 8 heteroatoms. The second-order valence-electron chi connectivity index (χ2n) is 6.21. The van der Waals surface area contributed by atoms with E-state index in [0.717, 1.165) is 12.8 Å². The van der Waals surface area contributed by atoms with E-state index >= 15 is 0 Å². The van der Waals surface area contributed by atoms with Crippen molar-refractivity contribution < 1.29 is 14.3 Å². The summed E-state index contributed by atoms with van der Waals surface area (Å²) in [6, 6.07) is 3.89. The molecule has 4 rings (SSSR count). The Kier molecular flexibility index (Phi) is 4.51. The second-order valence-corrected chi connectivity index (χ2v) is 6.21. The van der Waals surface area contributed by atoms with Crippen molar-refractivity contribution in [2.24, 2.45) is 5.92 Å². The number of amides is 1. The number of rotatable bonds is 4. The summed E-state index contributed by atoms with van der Waals surface area (Å²) in [7, 11) is 0. The zero-order valence-corrected chi connectivity index (χ0v) is 13.7. The third-order valence-electron chi connectivity index (χ3n) is 4.78. The lowest BCUT2D eigenvalue weighted by Gasteiger charge is -2.39. The highest BCUT2D eigenvalue weighted by molar-refractivity contribution is 5.94. The zero-order valence-electron chi connectivity index (χ0n) is 13.7. The highest BCUT2D eigenvalue weighted by Gasteiger charge is 2.44. The molecule has 0 radical (unpaired) electrons. The number of carbonyl (C=O) groups excluding carboxylic acids is 1. The molecule has 1 saturated carbocycles. The molecule has 3 atom stereocenters. The maximum absolute atomic E-state index is 12.8. The number of carbonyl (C=O) groups is 1. The van der Waals surface area contributed by atoms with Gasteiger partial charge in [-0.2, -0.15) is 10.2 Å². The lowest BCUT2D eigenvalue weighted by atomic mass is 10.0. The van der Waals surface area contributed by atoms with Crippen LogP contribution in [-0.2, 0) is 4.74 Å². The molecule has 1 aliphatic carbocycles. The van der Waals surface area contributed by atoms with Gasteiger partial charge in [-0.3, -0.25) is 4.79 Å². The summed E-state index contributed by atoms with van der Waals surface area (Å²) >= 11 is 0. The number of ether oxygens (including phenoxy) is 2. The van der Waals surface area contributed by atoms with Crippen molar-refractivity contribution >= 4 is 5.91 Å². The van der Waals surface area contributed by atoms with Crippen LogP contribution >= 0.6 is 0 Å². The van der Waals surface area contributed by atoms with Crippen molar-refractivity contribution in [3.8, 4) is 6.01 Å². The topological polar surface area (TPSA) is 90.3 Å². The van der Waals surface area contributed by atoms with E-state index in [1.165, 1.54) is 12.4 Å². The summed E-state index contributed by atoms with van der Waals surface area (Å²) in [5.41, 5.74) is 0.563. The average Bonchev–Trinajstić information content (AvgIpc) is 3.10. The molecule has 2 aromatic heterocycles. The summed E-state index contributed by atoms with van der Waals surface area (Å²) < 4.78 is 11.7. The minimum atomic E-state index is -0.0174. The van der Waals surface area contributed by atoms with E-state index in [0.29, 0.717) is 31.3 Å². The Labute approximate surface area is 145 Å². The first-order valence-corrected chi connectivity index (χ1v) is 8.42. The second kappa shape index (κ2) is 7.10. The van der Waals surface area contributed by atoms with E-state index in [-0.39, 0.29) is 24.0 Å². The molecule has 1 amide bonds. The van der Waals surface area contributed by atoms with Gasteiger partial charge in [0.15, 0.2) is 0 Å². The highest BCUT2D eigenvalue weighted by Crippen LogP contribution is 2.35. The monoisotopic (exact) mass is 341 g/mol. The molecule has 0 unspecified atom stereocenters. The third-order valence-corrected chi connectivity index (χ3v) is 4.78. The Morgan fingerprint density at radius 2 is 2.12 bits per heavy atom. The fourth-order valence-electron chi connectivity index (χ4n) is 3.62. The van der Waals surface area contributed by atoms with Crippen LogP contribution in [0, 0.1) is 5.92 Å². The van der Waals surface area contributed by atoms with Gasteiger partial charge >= 0.3 is 6.01 Å². The van der Waals surface area contributed by atoms with E-state index in [2.05, 4.69) is 20.2 Å². The van der Waals surface area contributed by atoms with Crippen molar-refractivity contribution in [1.82, 2.24) is 25.1 Å². The maximum Gasteiger partial charge on any atom is 0.316 e. The van der Waals surface area contributed by atoms with Crippen LogP contribution in [0.2, 0.25) is 0 Å². The molecule has 0 spiro atoms. The number of morpholine rings is 1. The molecule has 0 N–H and O–H groups in total. The molecule has 1 aliphatic heterocycles. The van der Waals surface area contributed by atoms with Crippen LogP contribution in [-0.4, -0.2) is 62.9 Å². The Balaban J connectivity index is 1.42. The predicted octanol–water partition coefficient (Wildman–Crippen LogP) is 0.965. The van der Waals surface area contributed by atoms with Crippen LogP contribution < -0.4 is 4.74 Å². The van der Waals surface area contributed by atoms with Crippen LogP contribution in [0.5, 0.6) is 6.01 Å². The molecule has 1 saturated heterocycles. The average molecular weight is 341 g/mol. The Morgan fingerprint density at radius 3 is 2.92 bits per heavy atom. The minimum absolute atomic E-state index is 0.0128. The smallest absolute Gasteiger partial charge is 0.316 e. The number of nitrogens with zero attached hydrogens (tertiary/aromatic N) is 5. The van der Waals surface area contributed by atoms with Gasteiger partial charge in [-0.15, -0.1) is 0 Å². The largest absolute Gasteiger partial charge is 0.463 e. The molecule has 2 aliphatic rings. The fourth-order valence-corrected chi connectivity index (χ4v) is 3.62. The molecular formula is C17H19N5O3. The summed E-state index contributed by atoms with van der Waals surface area (Å²) in [6.07, 6.45) is 8.18. The van der Waals surface area contributed by atoms with Gasteiger partial charge in [0, 0.05) is 24.9 Å². The molecule has 130 valence electrons. The van der Waals surface area contributed by atoms with Crippen LogP contribution in [0.15, 0.2) is 36.9 Å². The minimum Gasteiger partial charge on any atom is -0.463 e. The maximum atomic E-state index is 12.8. The molecule has 0 aromatic carbocycles. The first-order valence-electron chi connectivity index (χ1n) is 8.42. The summed E-state index contributed by atoms with van der Waals surface area (Å²) in [4.78, 5) is 22.8. The SMILES string of the molecule is O=C(c1ccnnc1)N1CCO[C@@H]2[C@@H](COc3ncccn3)CC[C@H]21. The summed E-state index contributed by atoms with van der Waals surface area (Å²) in [5.74, 6) is 0.209. The van der Waals surface area contributed by atoms with Gasteiger partial charge in [0.05, 0.1) is 43.3 Å². The number of hydrogen-bond donors (Lipinski definition) is 0. The molecule has 3 heterocycles. The fraction of sp³-hybridized carbons (Fsp3) is 0.471. The van der Waals surface area contributed by atoms with Gasteiger partial charge in [0.25, 0.3) is 5.91 Å². The number of aromatic nitrogens is 4.